The van der Waals surface area contributed by atoms with Crippen LogP contribution in [0.4, 0.5) is 0 Å². The van der Waals surface area contributed by atoms with E-state index in [4.69, 9.17) is 16.4 Å². The van der Waals surface area contributed by atoms with Crippen molar-refractivity contribution in [1.82, 2.24) is 0 Å². The summed E-state index contributed by atoms with van der Waals surface area (Å²) in [5.41, 5.74) is 6.83. The zero-order chi connectivity index (χ0) is 22.0. The number of rotatable bonds is 4. The van der Waals surface area contributed by atoms with Gasteiger partial charge in [-0.05, 0) is 0 Å². The maximum atomic E-state index is 7.68. The fourth-order valence-electron chi connectivity index (χ4n) is 4.55. The van der Waals surface area contributed by atoms with Gasteiger partial charge in [-0.25, -0.2) is 0 Å². The first kappa shape index (κ1) is 20.6. The summed E-state index contributed by atoms with van der Waals surface area (Å²) in [4.78, 5) is 0. The van der Waals surface area contributed by atoms with Gasteiger partial charge < -0.3 is 0 Å². The molecule has 0 amide bonds. The molecule has 1 aliphatic rings. The van der Waals surface area contributed by atoms with E-state index < -0.39 is 12.3 Å². The molecule has 4 aromatic rings. The number of benzene rings is 4. The minimum absolute atomic E-state index is 1.11. The van der Waals surface area contributed by atoms with E-state index in [-0.39, 0.29) is 0 Å². The van der Waals surface area contributed by atoms with E-state index in [1.807, 2.05) is 24.3 Å². The molecule has 0 bridgehead atoms. The van der Waals surface area contributed by atoms with Crippen LogP contribution in [0.2, 0.25) is 0 Å². The number of halogens is 1. The van der Waals surface area contributed by atoms with Gasteiger partial charge in [0.25, 0.3) is 0 Å². The first-order valence-corrected chi connectivity index (χ1v) is 16.5. The molecule has 0 fully saturated rings. The van der Waals surface area contributed by atoms with Crippen molar-refractivity contribution in [2.75, 3.05) is 0 Å². The van der Waals surface area contributed by atoms with Crippen LogP contribution in [0.1, 0.15) is 22.3 Å². The average molecular weight is 490 g/mol. The van der Waals surface area contributed by atoms with Gasteiger partial charge in [0, 0.05) is 0 Å². The van der Waals surface area contributed by atoms with Gasteiger partial charge >= 0.3 is 197 Å². The predicted octanol–water partition coefficient (Wildman–Crippen LogP) is 7.66. The molecule has 0 aliphatic carbocycles. The quantitative estimate of drug-likeness (QED) is 0.204. The Labute approximate surface area is 196 Å². The van der Waals surface area contributed by atoms with Crippen molar-refractivity contribution in [3.8, 4) is 11.2 Å². The third-order valence-corrected chi connectivity index (χ3v) is 14.4. The van der Waals surface area contributed by atoms with Crippen LogP contribution in [0.15, 0.2) is 121 Å². The van der Waals surface area contributed by atoms with Gasteiger partial charge in [0.1, 0.15) is 0 Å². The molecule has 0 nitrogen and oxygen atoms in total. The first-order valence-electron chi connectivity index (χ1n) is 10.6. The Morgan fingerprint density at radius 1 is 0.469 bits per heavy atom. The molecule has 0 unspecified atom stereocenters. The summed E-state index contributed by atoms with van der Waals surface area (Å²) < 4.78 is 5.45. The maximum absolute atomic E-state index is 7.68. The van der Waals surface area contributed by atoms with Crippen molar-refractivity contribution in [1.29, 1.82) is 0 Å². The van der Waals surface area contributed by atoms with Crippen LogP contribution in [0.5, 0.6) is 0 Å². The molecule has 5 rings (SSSR count). The van der Waals surface area contributed by atoms with Gasteiger partial charge in [-0.2, -0.15) is 0 Å². The number of terminal acetylenes is 1. The van der Waals surface area contributed by atoms with Crippen LogP contribution in [0.25, 0.3) is 20.0 Å². The fourth-order valence-corrected chi connectivity index (χ4v) is 12.7. The van der Waals surface area contributed by atoms with E-state index in [1.165, 1.54) is 0 Å². The monoisotopic (exact) mass is 490 g/mol. The van der Waals surface area contributed by atoms with Gasteiger partial charge in [-0.15, -0.1) is 0 Å². The molecule has 152 valence electrons. The average Bonchev–Trinajstić information content (AvgIpc) is 3.16. The molecule has 0 aromatic heterocycles. The molecule has 1 heterocycles. The predicted molar refractivity (Wildman–Crippen MR) is 140 cm³/mol. The zero-order valence-corrected chi connectivity index (χ0v) is 20.4. The van der Waals surface area contributed by atoms with Crippen LogP contribution >= 0.6 is 10.0 Å². The Hall–Kier alpha value is -3.25. The van der Waals surface area contributed by atoms with E-state index in [9.17, 15) is 0 Å². The van der Waals surface area contributed by atoms with Crippen molar-refractivity contribution in [2.45, 2.75) is 0 Å². The molecule has 32 heavy (non-hydrogen) atoms. The summed E-state index contributed by atoms with van der Waals surface area (Å²) in [6, 6.07) is 41.9. The van der Waals surface area contributed by atoms with Gasteiger partial charge in [0.15, 0.2) is 0 Å². The molecule has 0 atom stereocenters. The van der Waals surface area contributed by atoms with Crippen LogP contribution in [0.3, 0.4) is 0 Å². The topological polar surface area (TPSA) is 0 Å². The second kappa shape index (κ2) is 8.71. The standard InChI is InChI=1S/C30H21ClGe/c1-2-32(31)29(25-19-11-5-12-20-25)27(23-15-7-3-8-16-23)28(24-17-9-4-10-18-24)30(32)26-21-13-6-14-22-26/h1,3-22H. The van der Waals surface area contributed by atoms with Crippen LogP contribution in [0, 0.1) is 11.2 Å². The van der Waals surface area contributed by atoms with Crippen molar-refractivity contribution in [3.05, 3.63) is 144 Å². The second-order valence-corrected chi connectivity index (χ2v) is 16.2. The van der Waals surface area contributed by atoms with E-state index in [1.54, 1.807) is 0 Å². The van der Waals surface area contributed by atoms with Crippen molar-refractivity contribution in [2.24, 2.45) is 0 Å². The number of hydrogen-bond donors (Lipinski definition) is 0. The van der Waals surface area contributed by atoms with E-state index >= 15 is 0 Å². The van der Waals surface area contributed by atoms with E-state index in [0.717, 1.165) is 42.2 Å². The molecule has 2 heteroatoms. The molecule has 0 saturated carbocycles. The summed E-state index contributed by atoms with van der Waals surface area (Å²) in [7, 11) is 7.68. The molecule has 0 saturated heterocycles. The van der Waals surface area contributed by atoms with Crippen molar-refractivity contribution < 1.29 is 0 Å². The first-order chi connectivity index (χ1) is 15.7. The van der Waals surface area contributed by atoms with Gasteiger partial charge in [-0.1, -0.05) is 0 Å². The molecule has 1 aliphatic heterocycles. The fraction of sp³-hybridized carbons (Fsp3) is 0. The van der Waals surface area contributed by atoms with Crippen molar-refractivity contribution >= 4 is 42.3 Å². The number of allylic oxidation sites excluding steroid dienone is 2. The Morgan fingerprint density at radius 3 is 1.03 bits per heavy atom. The second-order valence-electron chi connectivity index (χ2n) is 7.77. The normalized spacial score (nSPS) is 15.0. The van der Waals surface area contributed by atoms with Gasteiger partial charge in [0.2, 0.25) is 0 Å². The minimum atomic E-state index is -3.71. The molecule has 0 N–H and O–H groups in total. The van der Waals surface area contributed by atoms with Gasteiger partial charge in [-0.3, -0.25) is 0 Å². The van der Waals surface area contributed by atoms with Crippen LogP contribution in [-0.4, -0.2) is 12.3 Å². The summed E-state index contributed by atoms with van der Waals surface area (Å²) in [5.74, 6) is 0. The van der Waals surface area contributed by atoms with Crippen molar-refractivity contribution in [3.63, 3.8) is 0 Å². The third-order valence-electron chi connectivity index (χ3n) is 5.89. The Kier molecular flexibility index (Phi) is 5.62. The third kappa shape index (κ3) is 3.45. The molecule has 0 spiro atoms. The van der Waals surface area contributed by atoms with Crippen LogP contribution < -0.4 is 0 Å². The van der Waals surface area contributed by atoms with Gasteiger partial charge in [0.05, 0.1) is 0 Å². The summed E-state index contributed by atoms with van der Waals surface area (Å²) in [6.45, 7) is 0. The zero-order valence-electron chi connectivity index (χ0n) is 17.5. The van der Waals surface area contributed by atoms with Crippen LogP contribution in [-0.2, 0) is 0 Å². The Bertz CT molecular complexity index is 1250. The van der Waals surface area contributed by atoms with E-state index in [0.29, 0.717) is 0 Å². The number of hydrogen-bond acceptors (Lipinski definition) is 0. The Morgan fingerprint density at radius 2 is 0.750 bits per heavy atom. The summed E-state index contributed by atoms with van der Waals surface area (Å²) in [6.07, 6.45) is 6.34. The summed E-state index contributed by atoms with van der Waals surface area (Å²) >= 11 is -3.71. The molecule has 4 aromatic carbocycles. The molecular formula is C30H21ClGe. The summed E-state index contributed by atoms with van der Waals surface area (Å²) in [5, 5.41) is 0. The Balaban J connectivity index is 1.96. The molecule has 0 radical (unpaired) electrons. The SMILES string of the molecule is C#[C][Ge]1([Cl])[C](c2ccccc2)=C(c2ccccc2)C(c2ccccc2)=[C]1c1ccccc1. The molecular weight excluding hydrogens is 468 g/mol. The van der Waals surface area contributed by atoms with E-state index in [2.05, 4.69) is 102 Å².